The predicted molar refractivity (Wildman–Crippen MR) is 80.4 cm³/mol. The van der Waals surface area contributed by atoms with Gasteiger partial charge in [-0.2, -0.15) is 0 Å². The Kier molecular flexibility index (Phi) is 3.68. The fourth-order valence-electron chi connectivity index (χ4n) is 2.62. The number of benzene rings is 2. The van der Waals surface area contributed by atoms with Crippen molar-refractivity contribution < 1.29 is 4.79 Å². The minimum atomic E-state index is 0.0351. The van der Waals surface area contributed by atoms with Crippen LogP contribution >= 0.6 is 0 Å². The van der Waals surface area contributed by atoms with Crippen molar-refractivity contribution in [3.8, 4) is 0 Å². The molecule has 3 nitrogen and oxygen atoms in total. The van der Waals surface area contributed by atoms with Gasteiger partial charge in [0.25, 0.3) is 0 Å². The zero-order chi connectivity index (χ0) is 13.8. The van der Waals surface area contributed by atoms with Gasteiger partial charge in [0.2, 0.25) is 5.91 Å². The Morgan fingerprint density at radius 3 is 2.65 bits per heavy atom. The number of amides is 1. The number of carbonyl (C=O) groups excluding carboxylic acids is 1. The largest absolute Gasteiger partial charge is 0.285 e. The van der Waals surface area contributed by atoms with Crippen molar-refractivity contribution in [1.82, 2.24) is 5.43 Å². The highest BCUT2D eigenvalue weighted by Crippen LogP contribution is 2.24. The molecule has 0 atom stereocenters. The SMILES string of the molecule is O=C(Cc1ccccc1)NN1CCCc2ccccc21. The molecule has 102 valence electrons. The monoisotopic (exact) mass is 266 g/mol. The van der Waals surface area contributed by atoms with E-state index in [4.69, 9.17) is 0 Å². The van der Waals surface area contributed by atoms with Gasteiger partial charge in [0.1, 0.15) is 0 Å². The fourth-order valence-corrected chi connectivity index (χ4v) is 2.62. The van der Waals surface area contributed by atoms with Crippen LogP contribution < -0.4 is 10.4 Å². The van der Waals surface area contributed by atoms with Crippen molar-refractivity contribution in [3.05, 3.63) is 65.7 Å². The zero-order valence-electron chi connectivity index (χ0n) is 11.4. The molecule has 0 fully saturated rings. The number of nitrogens with one attached hydrogen (secondary N) is 1. The molecule has 0 spiro atoms. The zero-order valence-corrected chi connectivity index (χ0v) is 11.4. The van der Waals surface area contributed by atoms with Crippen LogP contribution in [0, 0.1) is 0 Å². The third kappa shape index (κ3) is 2.82. The van der Waals surface area contributed by atoms with Gasteiger partial charge in [-0.05, 0) is 30.0 Å². The van der Waals surface area contributed by atoms with Gasteiger partial charge in [0.15, 0.2) is 0 Å². The van der Waals surface area contributed by atoms with Crippen LogP contribution in [0.4, 0.5) is 5.69 Å². The Morgan fingerprint density at radius 1 is 1.05 bits per heavy atom. The molecular weight excluding hydrogens is 248 g/mol. The highest BCUT2D eigenvalue weighted by molar-refractivity contribution is 5.80. The quantitative estimate of drug-likeness (QED) is 0.926. The van der Waals surface area contributed by atoms with E-state index in [1.165, 1.54) is 5.56 Å². The molecule has 0 radical (unpaired) electrons. The van der Waals surface area contributed by atoms with Crippen LogP contribution in [-0.4, -0.2) is 12.5 Å². The lowest BCUT2D eigenvalue weighted by Crippen LogP contribution is -2.45. The first-order valence-electron chi connectivity index (χ1n) is 7.02. The molecule has 0 bridgehead atoms. The number of hydrogen-bond donors (Lipinski definition) is 1. The summed E-state index contributed by atoms with van der Waals surface area (Å²) in [4.78, 5) is 12.1. The molecule has 1 aliphatic heterocycles. The number of hydrogen-bond acceptors (Lipinski definition) is 2. The summed E-state index contributed by atoms with van der Waals surface area (Å²) in [7, 11) is 0. The maximum Gasteiger partial charge on any atom is 0.242 e. The molecule has 0 saturated heterocycles. The Bertz CT molecular complexity index is 595. The van der Waals surface area contributed by atoms with E-state index in [2.05, 4.69) is 17.6 Å². The summed E-state index contributed by atoms with van der Waals surface area (Å²) in [6.07, 6.45) is 2.57. The van der Waals surface area contributed by atoms with Crippen molar-refractivity contribution >= 4 is 11.6 Å². The standard InChI is InChI=1S/C17H18N2O/c20-17(13-14-7-2-1-3-8-14)18-19-12-6-10-15-9-4-5-11-16(15)19/h1-5,7-9,11H,6,10,12-13H2,(H,18,20). The molecule has 1 amide bonds. The summed E-state index contributed by atoms with van der Waals surface area (Å²) < 4.78 is 0. The summed E-state index contributed by atoms with van der Waals surface area (Å²) >= 11 is 0. The Labute approximate surface area is 119 Å². The van der Waals surface area contributed by atoms with E-state index < -0.39 is 0 Å². The number of rotatable bonds is 3. The topological polar surface area (TPSA) is 32.3 Å². The summed E-state index contributed by atoms with van der Waals surface area (Å²) in [6, 6.07) is 18.1. The van der Waals surface area contributed by atoms with Crippen molar-refractivity contribution in [1.29, 1.82) is 0 Å². The van der Waals surface area contributed by atoms with Gasteiger partial charge >= 0.3 is 0 Å². The van der Waals surface area contributed by atoms with Gasteiger partial charge in [-0.3, -0.25) is 15.2 Å². The van der Waals surface area contributed by atoms with E-state index in [9.17, 15) is 4.79 Å². The molecule has 3 rings (SSSR count). The first kappa shape index (κ1) is 12.7. The Balaban J connectivity index is 1.68. The molecule has 0 saturated carbocycles. The highest BCUT2D eigenvalue weighted by atomic mass is 16.2. The number of fused-ring (bicyclic) bond motifs is 1. The smallest absolute Gasteiger partial charge is 0.242 e. The van der Waals surface area contributed by atoms with E-state index in [0.717, 1.165) is 30.6 Å². The lowest BCUT2D eigenvalue weighted by molar-refractivity contribution is -0.120. The third-order valence-corrected chi connectivity index (χ3v) is 3.58. The average Bonchev–Trinajstić information content (AvgIpc) is 2.48. The van der Waals surface area contributed by atoms with Crippen molar-refractivity contribution in [2.75, 3.05) is 11.6 Å². The second-order valence-corrected chi connectivity index (χ2v) is 5.08. The van der Waals surface area contributed by atoms with Crippen LogP contribution in [-0.2, 0) is 17.6 Å². The van der Waals surface area contributed by atoms with Crippen LogP contribution in [0.15, 0.2) is 54.6 Å². The number of para-hydroxylation sites is 1. The van der Waals surface area contributed by atoms with Gasteiger partial charge < -0.3 is 0 Å². The molecule has 1 N–H and O–H groups in total. The summed E-state index contributed by atoms with van der Waals surface area (Å²) in [5, 5.41) is 1.98. The molecule has 2 aromatic carbocycles. The molecular formula is C17H18N2O. The Hall–Kier alpha value is -2.29. The fraction of sp³-hybridized carbons (Fsp3) is 0.235. The van der Waals surface area contributed by atoms with E-state index in [1.807, 2.05) is 47.5 Å². The highest BCUT2D eigenvalue weighted by Gasteiger charge is 2.17. The molecule has 3 heteroatoms. The predicted octanol–water partition coefficient (Wildman–Crippen LogP) is 2.71. The molecule has 20 heavy (non-hydrogen) atoms. The van der Waals surface area contributed by atoms with Gasteiger partial charge in [-0.15, -0.1) is 0 Å². The number of aryl methyl sites for hydroxylation is 1. The Morgan fingerprint density at radius 2 is 1.80 bits per heavy atom. The maximum absolute atomic E-state index is 12.1. The molecule has 2 aromatic rings. The van der Waals surface area contributed by atoms with E-state index in [1.54, 1.807) is 0 Å². The normalized spacial score (nSPS) is 13.7. The second kappa shape index (κ2) is 5.78. The van der Waals surface area contributed by atoms with Crippen LogP contribution in [0.2, 0.25) is 0 Å². The lowest BCUT2D eigenvalue weighted by atomic mass is 10.0. The second-order valence-electron chi connectivity index (χ2n) is 5.08. The maximum atomic E-state index is 12.1. The average molecular weight is 266 g/mol. The molecule has 0 unspecified atom stereocenters. The van der Waals surface area contributed by atoms with Crippen molar-refractivity contribution in [2.24, 2.45) is 0 Å². The first-order valence-corrected chi connectivity index (χ1v) is 7.02. The van der Waals surface area contributed by atoms with E-state index in [0.29, 0.717) is 6.42 Å². The summed E-state index contributed by atoms with van der Waals surface area (Å²) in [5.41, 5.74) is 6.48. The molecule has 1 aliphatic rings. The van der Waals surface area contributed by atoms with Crippen LogP contribution in [0.3, 0.4) is 0 Å². The van der Waals surface area contributed by atoms with Gasteiger partial charge in [0.05, 0.1) is 12.1 Å². The van der Waals surface area contributed by atoms with Crippen LogP contribution in [0.5, 0.6) is 0 Å². The molecule has 0 aliphatic carbocycles. The minimum Gasteiger partial charge on any atom is -0.285 e. The van der Waals surface area contributed by atoms with Crippen molar-refractivity contribution in [2.45, 2.75) is 19.3 Å². The summed E-state index contributed by atoms with van der Waals surface area (Å²) in [6.45, 7) is 0.873. The van der Waals surface area contributed by atoms with Gasteiger partial charge in [-0.1, -0.05) is 48.5 Å². The molecule has 1 heterocycles. The van der Waals surface area contributed by atoms with E-state index >= 15 is 0 Å². The number of anilines is 1. The number of nitrogens with zero attached hydrogens (tertiary/aromatic N) is 1. The number of hydrazine groups is 1. The number of carbonyl (C=O) groups is 1. The van der Waals surface area contributed by atoms with E-state index in [-0.39, 0.29) is 5.91 Å². The molecule has 0 aromatic heterocycles. The van der Waals surface area contributed by atoms with Crippen LogP contribution in [0.1, 0.15) is 17.5 Å². The van der Waals surface area contributed by atoms with Gasteiger partial charge in [-0.25, -0.2) is 0 Å². The van der Waals surface area contributed by atoms with Crippen molar-refractivity contribution in [3.63, 3.8) is 0 Å². The lowest BCUT2D eigenvalue weighted by Gasteiger charge is -2.31. The first-order chi connectivity index (χ1) is 9.83. The minimum absolute atomic E-state index is 0.0351. The third-order valence-electron chi connectivity index (χ3n) is 3.58. The van der Waals surface area contributed by atoms with Crippen LogP contribution in [0.25, 0.3) is 0 Å². The van der Waals surface area contributed by atoms with Gasteiger partial charge in [0, 0.05) is 6.54 Å². The summed E-state index contributed by atoms with van der Waals surface area (Å²) in [5.74, 6) is 0.0351.